The summed E-state index contributed by atoms with van der Waals surface area (Å²) < 4.78 is 34.6. The smallest absolute Gasteiger partial charge is 0.264 e. The van der Waals surface area contributed by atoms with Crippen LogP contribution < -0.4 is 4.57 Å². The summed E-state index contributed by atoms with van der Waals surface area (Å²) in [6.07, 6.45) is 6.95. The Labute approximate surface area is 136 Å². The van der Waals surface area contributed by atoms with Crippen LogP contribution in [0.3, 0.4) is 0 Å². The zero-order valence-corrected chi connectivity index (χ0v) is 13.5. The first-order valence-corrected chi connectivity index (χ1v) is 7.78. The highest BCUT2D eigenvalue weighted by Gasteiger charge is 2.28. The van der Waals surface area contributed by atoms with Crippen molar-refractivity contribution in [1.82, 2.24) is 14.2 Å². The van der Waals surface area contributed by atoms with Gasteiger partial charge in [0.25, 0.3) is 0 Å². The van der Waals surface area contributed by atoms with E-state index in [1.54, 1.807) is 52.3 Å². The van der Waals surface area contributed by atoms with Crippen molar-refractivity contribution in [2.45, 2.75) is 0 Å². The van der Waals surface area contributed by atoms with Gasteiger partial charge in [0.15, 0.2) is 0 Å². The van der Waals surface area contributed by atoms with Gasteiger partial charge in [0.2, 0.25) is 6.33 Å². The molecule has 3 rings (SSSR count). The van der Waals surface area contributed by atoms with Crippen molar-refractivity contribution in [2.75, 3.05) is 7.11 Å². The molecule has 0 radical (unpaired) electrons. The fourth-order valence-corrected chi connectivity index (χ4v) is 1.90. The summed E-state index contributed by atoms with van der Waals surface area (Å²) in [7, 11) is -1.45. The molecule has 0 aliphatic carbocycles. The van der Waals surface area contributed by atoms with Gasteiger partial charge in [-0.25, -0.2) is 9.08 Å². The summed E-state index contributed by atoms with van der Waals surface area (Å²) in [4.78, 5) is 10.8. The van der Waals surface area contributed by atoms with Crippen molar-refractivity contribution in [2.24, 2.45) is 7.05 Å². The zero-order valence-electron chi connectivity index (χ0n) is 12.7. The third-order valence-electron chi connectivity index (χ3n) is 2.90. The first kappa shape index (κ1) is 17.5. The number of hydrogen-bond donors (Lipinski definition) is 1. The second kappa shape index (κ2) is 6.74. The predicted molar refractivity (Wildman–Crippen MR) is 80.9 cm³/mol. The molecule has 0 saturated carbocycles. The van der Waals surface area contributed by atoms with Gasteiger partial charge in [0.05, 0.1) is 19.1 Å². The lowest BCUT2D eigenvalue weighted by Crippen LogP contribution is -2.23. The van der Waals surface area contributed by atoms with Gasteiger partial charge in [0, 0.05) is 6.20 Å². The molecule has 0 aromatic carbocycles. The largest absolute Gasteiger partial charge is 0.397 e. The van der Waals surface area contributed by atoms with Gasteiger partial charge in [-0.05, 0) is 12.1 Å². The van der Waals surface area contributed by atoms with Gasteiger partial charge in [0.1, 0.15) is 17.9 Å². The monoisotopic (exact) mass is 356 g/mol. The van der Waals surface area contributed by atoms with Crippen molar-refractivity contribution >= 4 is 21.6 Å². The quantitative estimate of drug-likeness (QED) is 0.309. The topological polar surface area (TPSA) is 133 Å². The van der Waals surface area contributed by atoms with Crippen LogP contribution in [0.15, 0.2) is 43.1 Å². The van der Waals surface area contributed by atoms with Gasteiger partial charge < -0.3 is 0 Å². The summed E-state index contributed by atoms with van der Waals surface area (Å²) >= 11 is 0. The molecule has 3 aromatic rings. The van der Waals surface area contributed by atoms with Crippen LogP contribution in [-0.2, 0) is 21.6 Å². The van der Waals surface area contributed by atoms with Crippen LogP contribution in [0.5, 0.6) is 0 Å². The highest BCUT2D eigenvalue weighted by Crippen LogP contribution is 2.26. The molecule has 12 heteroatoms. The number of rotatable bonds is 3. The van der Waals surface area contributed by atoms with Gasteiger partial charge in [-0.15, -0.1) is 5.10 Å². The molecule has 0 amide bonds. The van der Waals surface area contributed by atoms with Crippen LogP contribution in [0.2, 0.25) is 0 Å². The van der Waals surface area contributed by atoms with Crippen LogP contribution >= 0.6 is 0 Å². The average molecular weight is 356 g/mol. The maximum atomic E-state index is 11.2. The van der Waals surface area contributed by atoms with Gasteiger partial charge >= 0.3 is 21.9 Å². The number of nitrogens with zero attached hydrogens (tertiary/aromatic N) is 5. The zero-order chi connectivity index (χ0) is 17.9. The lowest BCUT2D eigenvalue weighted by Gasteiger charge is -1.89. The molecule has 0 fully saturated rings. The highest BCUT2D eigenvalue weighted by atomic mass is 32.3. The van der Waals surface area contributed by atoms with E-state index in [2.05, 4.69) is 9.28 Å². The summed E-state index contributed by atoms with van der Waals surface area (Å²) in [5, 5.41) is 15.5. The van der Waals surface area contributed by atoms with E-state index in [4.69, 9.17) is 4.55 Å². The minimum absolute atomic E-state index is 0.00630. The second-order valence-electron chi connectivity index (χ2n) is 4.54. The second-order valence-corrected chi connectivity index (χ2v) is 5.73. The first-order valence-electron chi connectivity index (χ1n) is 6.41. The summed E-state index contributed by atoms with van der Waals surface area (Å²) in [6, 6.07) is 5.21. The van der Waals surface area contributed by atoms with Crippen molar-refractivity contribution in [1.29, 1.82) is 0 Å². The number of imidazole rings is 1. The Bertz CT molecular complexity index is 977. The molecule has 1 N–H and O–H groups in total. The maximum Gasteiger partial charge on any atom is 0.397 e. The molecule has 0 aliphatic rings. The lowest BCUT2D eigenvalue weighted by molar-refractivity contribution is -0.670. The molecule has 0 saturated heterocycles. The molecular formula is C12H14N5O6S+. The van der Waals surface area contributed by atoms with Gasteiger partial charge in [-0.1, -0.05) is 6.07 Å². The third-order valence-corrected chi connectivity index (χ3v) is 3.32. The van der Waals surface area contributed by atoms with E-state index in [0.29, 0.717) is 11.3 Å². The fourth-order valence-electron chi connectivity index (χ4n) is 1.90. The fraction of sp³-hybridized carbons (Fsp3) is 0.167. The average Bonchev–Trinajstić information content (AvgIpc) is 3.10. The molecule has 0 atom stereocenters. The Morgan fingerprint density at radius 1 is 1.38 bits per heavy atom. The van der Waals surface area contributed by atoms with Crippen molar-refractivity contribution in [3.8, 4) is 5.82 Å². The predicted octanol–water partition coefficient (Wildman–Crippen LogP) is 0.293. The summed E-state index contributed by atoms with van der Waals surface area (Å²) in [6.45, 7) is 0. The van der Waals surface area contributed by atoms with Crippen molar-refractivity contribution in [3.05, 3.63) is 53.2 Å². The Hall–Kier alpha value is -2.83. The molecule has 24 heavy (non-hydrogen) atoms. The molecule has 11 nitrogen and oxygen atoms in total. The molecule has 0 spiro atoms. The Morgan fingerprint density at radius 3 is 2.54 bits per heavy atom. The maximum absolute atomic E-state index is 11.2. The van der Waals surface area contributed by atoms with Crippen molar-refractivity contribution < 1.29 is 26.6 Å². The molecule has 0 bridgehead atoms. The molecule has 0 aliphatic heterocycles. The van der Waals surface area contributed by atoms with E-state index in [-0.39, 0.29) is 5.69 Å². The minimum Gasteiger partial charge on any atom is -0.264 e. The van der Waals surface area contributed by atoms with E-state index >= 15 is 0 Å². The highest BCUT2D eigenvalue weighted by molar-refractivity contribution is 7.80. The van der Waals surface area contributed by atoms with Crippen LogP contribution in [0.25, 0.3) is 11.3 Å². The minimum atomic E-state index is -4.16. The van der Waals surface area contributed by atoms with E-state index < -0.39 is 15.3 Å². The molecule has 3 aromatic heterocycles. The Balaban J connectivity index is 0.000000301. The number of nitro groups is 1. The summed E-state index contributed by atoms with van der Waals surface area (Å²) in [5.41, 5.74) is 0.487. The van der Waals surface area contributed by atoms with Crippen LogP contribution in [-0.4, -0.2) is 39.2 Å². The van der Waals surface area contributed by atoms with E-state index in [9.17, 15) is 18.5 Å². The van der Waals surface area contributed by atoms with Crippen LogP contribution in [0.1, 0.15) is 0 Å². The van der Waals surface area contributed by atoms with E-state index in [1.807, 2.05) is 7.05 Å². The number of hydrogen-bond acceptors (Lipinski definition) is 6. The molecule has 0 unspecified atom stereocenters. The SMILES string of the molecule is COS(=O)(=O)O.C[n+]1ccn(-c2nn3ccccc3c2[N+](=O)[O-])c1. The van der Waals surface area contributed by atoms with E-state index in [1.165, 1.54) is 4.52 Å². The number of aromatic nitrogens is 4. The Morgan fingerprint density at radius 2 is 2.04 bits per heavy atom. The Kier molecular flexibility index (Phi) is 4.92. The van der Waals surface area contributed by atoms with Crippen molar-refractivity contribution in [3.63, 3.8) is 0 Å². The normalized spacial score (nSPS) is 11.1. The number of fused-ring (bicyclic) bond motifs is 1. The molecule has 128 valence electrons. The number of aryl methyl sites for hydroxylation is 1. The third kappa shape index (κ3) is 3.92. The van der Waals surface area contributed by atoms with Crippen LogP contribution in [0, 0.1) is 10.1 Å². The van der Waals surface area contributed by atoms with E-state index in [0.717, 1.165) is 7.11 Å². The first-order chi connectivity index (χ1) is 11.2. The lowest BCUT2D eigenvalue weighted by atomic mass is 10.3. The van der Waals surface area contributed by atoms with Crippen LogP contribution in [0.4, 0.5) is 5.69 Å². The summed E-state index contributed by atoms with van der Waals surface area (Å²) in [5.74, 6) is 0.312. The number of pyridine rings is 1. The standard InChI is InChI=1S/C11H10N5O2.CH4O4S/c1-13-6-7-14(8-13)11-10(16(17)18)9-4-2-3-5-15(9)12-11;1-5-6(2,3)4/h2-8H,1H3;1H3,(H,2,3,4)/q+1;. The van der Waals surface area contributed by atoms with Gasteiger partial charge in [-0.2, -0.15) is 13.0 Å². The van der Waals surface area contributed by atoms with Gasteiger partial charge in [-0.3, -0.25) is 18.9 Å². The molecule has 3 heterocycles. The molecular weight excluding hydrogens is 342 g/mol.